The Morgan fingerprint density at radius 1 is 1.02 bits per heavy atom. The van der Waals surface area contributed by atoms with Crippen LogP contribution in [0.25, 0.3) is 22.5 Å². The Labute approximate surface area is 286 Å². The number of furan rings is 1. The highest BCUT2D eigenvalue weighted by atomic mass is 32.2. The molecule has 1 saturated carbocycles. The highest BCUT2D eigenvalue weighted by molar-refractivity contribution is 7.92. The molecule has 1 aliphatic heterocycles. The van der Waals surface area contributed by atoms with Crippen molar-refractivity contribution in [3.63, 3.8) is 0 Å². The highest BCUT2D eigenvalue weighted by Crippen LogP contribution is 2.49. The second kappa shape index (κ2) is 12.6. The molecule has 12 heteroatoms. The first-order valence-corrected chi connectivity index (χ1v) is 18.1. The van der Waals surface area contributed by atoms with E-state index < -0.39 is 16.1 Å². The zero-order valence-corrected chi connectivity index (χ0v) is 29.2. The van der Waals surface area contributed by atoms with E-state index in [-0.39, 0.29) is 46.8 Å². The number of fused-ring (bicyclic) bond motifs is 5. The van der Waals surface area contributed by atoms with E-state index in [1.165, 1.54) is 12.1 Å². The van der Waals surface area contributed by atoms with E-state index in [0.29, 0.717) is 35.0 Å². The van der Waals surface area contributed by atoms with Gasteiger partial charge in [-0.25, -0.2) is 28.1 Å². The number of carbonyl (C=O) groups is 1. The van der Waals surface area contributed by atoms with Crippen LogP contribution in [0.15, 0.2) is 70.1 Å². The summed E-state index contributed by atoms with van der Waals surface area (Å²) in [5, 5.41) is 0. The quantitative estimate of drug-likeness (QED) is 0.195. The Kier molecular flexibility index (Phi) is 8.38. The van der Waals surface area contributed by atoms with Gasteiger partial charge in [-0.15, -0.1) is 0 Å². The van der Waals surface area contributed by atoms with Gasteiger partial charge in [0.25, 0.3) is 15.9 Å². The Balaban J connectivity index is 1.33. The molecule has 1 atom stereocenters. The van der Waals surface area contributed by atoms with Gasteiger partial charge in [0.15, 0.2) is 0 Å². The molecule has 3 aromatic heterocycles. The third-order valence-electron chi connectivity index (χ3n) is 9.30. The zero-order chi connectivity index (χ0) is 34.5. The molecule has 0 unspecified atom stereocenters. The van der Waals surface area contributed by atoms with Crippen molar-refractivity contribution in [3.05, 3.63) is 88.9 Å². The van der Waals surface area contributed by atoms with Gasteiger partial charge in [-0.1, -0.05) is 45.0 Å². The number of anilines is 1. The lowest BCUT2D eigenvalue weighted by Gasteiger charge is -2.33. The first-order valence-electron chi connectivity index (χ1n) is 16.6. The molecule has 4 heterocycles. The van der Waals surface area contributed by atoms with Crippen molar-refractivity contribution >= 4 is 33.1 Å². The molecular weight excluding hydrogens is 641 g/mol. The maximum atomic E-state index is 14.5. The van der Waals surface area contributed by atoms with E-state index in [9.17, 15) is 13.2 Å². The second-order valence-corrected chi connectivity index (χ2v) is 15.8. The third-order valence-corrected chi connectivity index (χ3v) is 10.6. The van der Waals surface area contributed by atoms with E-state index in [0.717, 1.165) is 41.7 Å². The third kappa shape index (κ3) is 7.01. The van der Waals surface area contributed by atoms with Crippen LogP contribution in [0, 0.1) is 25.2 Å². The van der Waals surface area contributed by atoms with Crippen molar-refractivity contribution < 1.29 is 22.4 Å². The number of sulfonamides is 1. The van der Waals surface area contributed by atoms with Gasteiger partial charge >= 0.3 is 0 Å². The van der Waals surface area contributed by atoms with E-state index >= 15 is 0 Å². The Hall–Kier alpha value is -4.84. The number of amides is 1. The van der Waals surface area contributed by atoms with Gasteiger partial charge in [-0.3, -0.25) is 4.79 Å². The number of nitrogens with one attached hydrogen (secondary N) is 1. The molecule has 254 valence electrons. The average molecular weight is 681 g/mol. The number of nitrogens with zero attached hydrogens (tertiary/aromatic N) is 5. The van der Waals surface area contributed by atoms with Crippen LogP contribution in [0.4, 0.5) is 5.95 Å². The monoisotopic (exact) mass is 680 g/mol. The standard InChI is InChI=1S/C37H40N6O5S/c1-22(2)14-28-16-31-34(48-28)38-19-26(39-31)20-43-27(18-37(5)12-13-37)21-47-32-17-30(33-23(3)8-6-9-24(33)4)40-36(41-32)42-49(45,46)29-11-7-10-25(15-29)35(43)44/h6-11,15-17,19,22,27H,12-14,18,20-21H2,1-5H3,(H,40,41,42)/t27-/m1/s1. The number of aromatic nitrogens is 4. The minimum absolute atomic E-state index is 0.0411. The molecule has 0 spiro atoms. The average Bonchev–Trinajstić information content (AvgIpc) is 3.64. The van der Waals surface area contributed by atoms with Crippen LogP contribution in [0.1, 0.15) is 73.0 Å². The minimum Gasteiger partial charge on any atom is -0.475 e. The maximum Gasteiger partial charge on any atom is 0.264 e. The van der Waals surface area contributed by atoms with Crippen LogP contribution in [-0.4, -0.2) is 51.8 Å². The molecule has 0 radical (unpaired) electrons. The lowest BCUT2D eigenvalue weighted by molar-refractivity contribution is 0.0537. The van der Waals surface area contributed by atoms with Gasteiger partial charge in [0.2, 0.25) is 17.5 Å². The Bertz CT molecular complexity index is 2160. The molecule has 49 heavy (non-hydrogen) atoms. The van der Waals surface area contributed by atoms with Crippen LogP contribution in [0.2, 0.25) is 0 Å². The summed E-state index contributed by atoms with van der Waals surface area (Å²) >= 11 is 0. The molecule has 4 bridgehead atoms. The van der Waals surface area contributed by atoms with Gasteiger partial charge in [-0.2, -0.15) is 4.98 Å². The smallest absolute Gasteiger partial charge is 0.264 e. The number of hydrogen-bond acceptors (Lipinski definition) is 9. The summed E-state index contributed by atoms with van der Waals surface area (Å²) < 4.78 is 42.3. The molecule has 5 aromatic rings. The van der Waals surface area contributed by atoms with E-state index in [2.05, 4.69) is 40.4 Å². The van der Waals surface area contributed by atoms with Gasteiger partial charge < -0.3 is 14.1 Å². The van der Waals surface area contributed by atoms with E-state index in [1.54, 1.807) is 29.3 Å². The van der Waals surface area contributed by atoms with Gasteiger partial charge in [-0.05, 0) is 73.8 Å². The van der Waals surface area contributed by atoms with Gasteiger partial charge in [0, 0.05) is 29.7 Å². The van der Waals surface area contributed by atoms with Crippen molar-refractivity contribution in [2.75, 3.05) is 11.3 Å². The molecule has 1 N–H and O–H groups in total. The molecule has 1 aliphatic carbocycles. The number of ether oxygens (including phenoxy) is 1. The molecule has 0 saturated heterocycles. The summed E-state index contributed by atoms with van der Waals surface area (Å²) in [6.07, 6.45) is 5.15. The fraction of sp³-hybridized carbons (Fsp3) is 0.378. The maximum absolute atomic E-state index is 14.5. The lowest BCUT2D eigenvalue weighted by Crippen LogP contribution is -2.44. The predicted octanol–water partition coefficient (Wildman–Crippen LogP) is 6.89. The van der Waals surface area contributed by atoms with Crippen molar-refractivity contribution in [1.29, 1.82) is 0 Å². The minimum atomic E-state index is -4.17. The summed E-state index contributed by atoms with van der Waals surface area (Å²) in [6, 6.07) is 15.2. The fourth-order valence-electron chi connectivity index (χ4n) is 6.49. The largest absolute Gasteiger partial charge is 0.475 e. The Morgan fingerprint density at radius 2 is 1.78 bits per heavy atom. The van der Waals surface area contributed by atoms with Crippen LogP contribution >= 0.6 is 0 Å². The number of hydrogen-bond donors (Lipinski definition) is 1. The number of benzene rings is 2. The number of carbonyl (C=O) groups excluding carboxylic acids is 1. The first-order chi connectivity index (χ1) is 23.4. The summed E-state index contributed by atoms with van der Waals surface area (Å²) in [7, 11) is -4.17. The molecule has 1 amide bonds. The number of aryl methyl sites for hydroxylation is 2. The molecule has 2 aliphatic rings. The highest BCUT2D eigenvalue weighted by Gasteiger charge is 2.42. The fourth-order valence-corrected chi connectivity index (χ4v) is 7.48. The van der Waals surface area contributed by atoms with Crippen molar-refractivity contribution in [3.8, 4) is 17.1 Å². The molecule has 11 nitrogen and oxygen atoms in total. The molecule has 2 aromatic carbocycles. The van der Waals surface area contributed by atoms with Gasteiger partial charge in [0.1, 0.15) is 17.9 Å². The SMILES string of the molecule is Cc1cccc(C)c1-c1cc2nc(n1)NS(=O)(=O)c1cccc(c1)C(=O)N(Cc1cnc3oc(CC(C)C)cc3n1)[C@H](CC1(C)CC1)CO2. The molecule has 1 fully saturated rings. The van der Waals surface area contributed by atoms with Crippen molar-refractivity contribution in [2.24, 2.45) is 11.3 Å². The summed E-state index contributed by atoms with van der Waals surface area (Å²) in [6.45, 7) is 10.7. The first kappa shape index (κ1) is 32.7. The van der Waals surface area contributed by atoms with Crippen LogP contribution < -0.4 is 9.46 Å². The normalized spacial score (nSPS) is 18.3. The summed E-state index contributed by atoms with van der Waals surface area (Å²) in [4.78, 5) is 34.6. The number of rotatable bonds is 7. The Morgan fingerprint density at radius 3 is 2.51 bits per heavy atom. The van der Waals surface area contributed by atoms with E-state index in [4.69, 9.17) is 14.1 Å². The summed E-state index contributed by atoms with van der Waals surface area (Å²) in [5.41, 5.74) is 5.28. The van der Waals surface area contributed by atoms with Crippen molar-refractivity contribution in [1.82, 2.24) is 24.8 Å². The lowest BCUT2D eigenvalue weighted by atomic mass is 9.97. The second-order valence-electron chi connectivity index (χ2n) is 14.1. The van der Waals surface area contributed by atoms with Crippen LogP contribution in [0.5, 0.6) is 5.88 Å². The van der Waals surface area contributed by atoms with Gasteiger partial charge in [0.05, 0.1) is 35.1 Å². The van der Waals surface area contributed by atoms with Crippen LogP contribution in [0.3, 0.4) is 0 Å². The van der Waals surface area contributed by atoms with Crippen LogP contribution in [-0.2, 0) is 23.0 Å². The zero-order valence-electron chi connectivity index (χ0n) is 28.4. The molecule has 7 rings (SSSR count). The topological polar surface area (TPSA) is 140 Å². The molecular formula is C37H40N6O5S. The van der Waals surface area contributed by atoms with Crippen molar-refractivity contribution in [2.45, 2.75) is 77.8 Å². The van der Waals surface area contributed by atoms with E-state index in [1.807, 2.05) is 38.1 Å². The summed E-state index contributed by atoms with van der Waals surface area (Å²) in [5.74, 6) is 0.967. The predicted molar refractivity (Wildman–Crippen MR) is 186 cm³/mol.